The van der Waals surface area contributed by atoms with Crippen molar-refractivity contribution in [3.63, 3.8) is 0 Å². The largest absolute Gasteiger partial charge is 0.485 e. The number of rotatable bonds is 4. The lowest BCUT2D eigenvalue weighted by molar-refractivity contribution is 0.129. The number of benzene rings is 2. The van der Waals surface area contributed by atoms with Gasteiger partial charge in [0.2, 0.25) is 0 Å². The van der Waals surface area contributed by atoms with Crippen molar-refractivity contribution in [1.29, 1.82) is 10.7 Å². The minimum absolute atomic E-state index is 0.118. The predicted molar refractivity (Wildman–Crippen MR) is 105 cm³/mol. The lowest BCUT2D eigenvalue weighted by Gasteiger charge is -2.32. The van der Waals surface area contributed by atoms with E-state index in [1.807, 2.05) is 24.3 Å². The molecule has 0 spiro atoms. The second kappa shape index (κ2) is 7.20. The van der Waals surface area contributed by atoms with Gasteiger partial charge in [0.05, 0.1) is 17.8 Å². The number of nitrogens with two attached hydrogens (primary N) is 1. The summed E-state index contributed by atoms with van der Waals surface area (Å²) in [6.45, 7) is 2.17. The van der Waals surface area contributed by atoms with Gasteiger partial charge in [-0.15, -0.1) is 0 Å². The molecule has 0 fully saturated rings. The number of nitrogen functional groups attached to an aromatic ring is 1. The number of oxazole rings is 1. The van der Waals surface area contributed by atoms with Crippen LogP contribution in [0.4, 0.5) is 5.69 Å². The highest BCUT2D eigenvalue weighted by atomic mass is 16.5. The Morgan fingerprint density at radius 2 is 2.18 bits per heavy atom. The van der Waals surface area contributed by atoms with Crippen LogP contribution in [0.2, 0.25) is 0 Å². The third kappa shape index (κ3) is 3.23. The fourth-order valence-corrected chi connectivity index (χ4v) is 3.63. The van der Waals surface area contributed by atoms with Crippen LogP contribution < -0.4 is 10.5 Å². The number of nitrogens with one attached hydrogen (secondary N) is 1. The minimum atomic E-state index is -0.118. The Hall–Kier alpha value is -3.59. The summed E-state index contributed by atoms with van der Waals surface area (Å²) < 4.78 is 11.6. The van der Waals surface area contributed by atoms with Crippen LogP contribution in [0.25, 0.3) is 0 Å². The SMILES string of the molecule is CC1CCc2cc(C#N)ccc2C1Oc1ccc(N)c(C(=N)c2cnco2)c1. The summed E-state index contributed by atoms with van der Waals surface area (Å²) in [5.41, 5.74) is 10.2. The molecule has 0 saturated carbocycles. The van der Waals surface area contributed by atoms with Crippen molar-refractivity contribution in [2.45, 2.75) is 25.9 Å². The Balaban J connectivity index is 1.66. The molecule has 6 nitrogen and oxygen atoms in total. The smallest absolute Gasteiger partial charge is 0.181 e. The topological polar surface area (TPSA) is 109 Å². The van der Waals surface area contributed by atoms with Crippen LogP contribution in [-0.2, 0) is 6.42 Å². The molecule has 2 atom stereocenters. The molecule has 6 heteroatoms. The molecule has 0 radical (unpaired) electrons. The van der Waals surface area contributed by atoms with Gasteiger partial charge in [-0.2, -0.15) is 5.26 Å². The van der Waals surface area contributed by atoms with Gasteiger partial charge >= 0.3 is 0 Å². The van der Waals surface area contributed by atoms with E-state index in [4.69, 9.17) is 25.6 Å². The van der Waals surface area contributed by atoms with Crippen LogP contribution in [0.1, 0.15) is 47.5 Å². The number of hydrogen-bond acceptors (Lipinski definition) is 6. The van der Waals surface area contributed by atoms with Gasteiger partial charge in [0.15, 0.2) is 12.2 Å². The molecule has 0 saturated heterocycles. The Morgan fingerprint density at radius 3 is 2.93 bits per heavy atom. The molecule has 3 aromatic rings. The van der Waals surface area contributed by atoms with Crippen molar-refractivity contribution in [3.05, 3.63) is 77.0 Å². The van der Waals surface area contributed by atoms with Crippen molar-refractivity contribution >= 4 is 11.4 Å². The zero-order chi connectivity index (χ0) is 19.7. The fourth-order valence-electron chi connectivity index (χ4n) is 3.63. The number of anilines is 1. The second-order valence-electron chi connectivity index (χ2n) is 7.07. The summed E-state index contributed by atoms with van der Waals surface area (Å²) in [6, 6.07) is 13.3. The molecule has 28 heavy (non-hydrogen) atoms. The molecule has 2 unspecified atom stereocenters. The van der Waals surface area contributed by atoms with Crippen LogP contribution in [0.5, 0.6) is 5.75 Å². The molecule has 1 heterocycles. The van der Waals surface area contributed by atoms with E-state index in [0.29, 0.717) is 34.2 Å². The van der Waals surface area contributed by atoms with Gasteiger partial charge in [0.25, 0.3) is 0 Å². The number of fused-ring (bicyclic) bond motifs is 1. The molecule has 2 aromatic carbocycles. The van der Waals surface area contributed by atoms with Crippen molar-refractivity contribution in [2.75, 3.05) is 5.73 Å². The minimum Gasteiger partial charge on any atom is -0.485 e. The van der Waals surface area contributed by atoms with E-state index < -0.39 is 0 Å². The van der Waals surface area contributed by atoms with Gasteiger partial charge < -0.3 is 14.9 Å². The average molecular weight is 372 g/mol. The fraction of sp³-hybridized carbons (Fsp3) is 0.227. The summed E-state index contributed by atoms with van der Waals surface area (Å²) in [4.78, 5) is 3.86. The summed E-state index contributed by atoms with van der Waals surface area (Å²) in [7, 11) is 0. The Bertz CT molecular complexity index is 1070. The highest BCUT2D eigenvalue weighted by molar-refractivity contribution is 6.12. The molecule has 3 N–H and O–H groups in total. The van der Waals surface area contributed by atoms with Crippen molar-refractivity contribution in [3.8, 4) is 11.8 Å². The van der Waals surface area contributed by atoms with Gasteiger partial charge in [-0.05, 0) is 60.2 Å². The predicted octanol–water partition coefficient (Wildman–Crippen LogP) is 4.25. The standard InChI is InChI=1S/C22H20N4O2/c1-13-2-4-15-8-14(10-23)3-6-17(15)22(13)28-16-5-7-19(24)18(9-16)21(25)20-11-26-12-27-20/h3,5-9,11-13,22,25H,2,4,24H2,1H3. The summed E-state index contributed by atoms with van der Waals surface area (Å²) in [6.07, 6.45) is 4.59. The number of nitriles is 1. The molecule has 1 aliphatic rings. The number of aromatic nitrogens is 1. The second-order valence-corrected chi connectivity index (χ2v) is 7.07. The maximum atomic E-state index is 9.15. The highest BCUT2D eigenvalue weighted by Crippen LogP contribution is 2.38. The van der Waals surface area contributed by atoms with E-state index >= 15 is 0 Å². The Kier molecular flexibility index (Phi) is 4.58. The normalized spacial score (nSPS) is 18.1. The summed E-state index contributed by atoms with van der Waals surface area (Å²) in [5.74, 6) is 1.32. The molecule has 4 rings (SSSR count). The molecular weight excluding hydrogens is 352 g/mol. The number of hydrogen-bond donors (Lipinski definition) is 2. The van der Waals surface area contributed by atoms with Gasteiger partial charge in [-0.3, -0.25) is 5.41 Å². The monoisotopic (exact) mass is 372 g/mol. The zero-order valence-corrected chi connectivity index (χ0v) is 15.5. The summed E-state index contributed by atoms with van der Waals surface area (Å²) in [5, 5.41) is 17.5. The number of aryl methyl sites for hydroxylation is 1. The van der Waals surface area contributed by atoms with Crippen LogP contribution in [-0.4, -0.2) is 10.7 Å². The van der Waals surface area contributed by atoms with Crippen LogP contribution >= 0.6 is 0 Å². The van der Waals surface area contributed by atoms with Crippen molar-refractivity contribution < 1.29 is 9.15 Å². The Labute approximate surface area is 163 Å². The van der Waals surface area contributed by atoms with E-state index in [0.717, 1.165) is 24.0 Å². The van der Waals surface area contributed by atoms with Crippen LogP contribution in [0.3, 0.4) is 0 Å². The first-order valence-corrected chi connectivity index (χ1v) is 9.13. The zero-order valence-electron chi connectivity index (χ0n) is 15.5. The third-order valence-electron chi connectivity index (χ3n) is 5.20. The van der Waals surface area contributed by atoms with E-state index in [9.17, 15) is 0 Å². The van der Waals surface area contributed by atoms with E-state index in [1.54, 1.807) is 12.1 Å². The van der Waals surface area contributed by atoms with E-state index in [1.165, 1.54) is 12.6 Å². The van der Waals surface area contributed by atoms with E-state index in [2.05, 4.69) is 18.0 Å². The van der Waals surface area contributed by atoms with Gasteiger partial charge in [0.1, 0.15) is 17.6 Å². The quantitative estimate of drug-likeness (QED) is 0.526. The first-order chi connectivity index (χ1) is 13.6. The highest BCUT2D eigenvalue weighted by Gasteiger charge is 2.29. The number of ether oxygens (including phenoxy) is 1. The molecule has 1 aromatic heterocycles. The molecule has 0 amide bonds. The molecule has 140 valence electrons. The molecule has 0 bridgehead atoms. The third-order valence-corrected chi connectivity index (χ3v) is 5.20. The lowest BCUT2D eigenvalue weighted by Crippen LogP contribution is -2.23. The molecular formula is C22H20N4O2. The van der Waals surface area contributed by atoms with Gasteiger partial charge in [0, 0.05) is 11.3 Å². The van der Waals surface area contributed by atoms with Gasteiger partial charge in [-0.25, -0.2) is 4.98 Å². The van der Waals surface area contributed by atoms with Crippen molar-refractivity contribution in [1.82, 2.24) is 4.98 Å². The Morgan fingerprint density at radius 1 is 1.32 bits per heavy atom. The molecule has 1 aliphatic carbocycles. The molecule has 0 aliphatic heterocycles. The average Bonchev–Trinajstić information content (AvgIpc) is 3.25. The van der Waals surface area contributed by atoms with Crippen LogP contribution in [0.15, 0.2) is 53.4 Å². The van der Waals surface area contributed by atoms with Gasteiger partial charge in [-0.1, -0.05) is 13.0 Å². The maximum Gasteiger partial charge on any atom is 0.181 e. The number of nitrogens with zero attached hydrogens (tertiary/aromatic N) is 2. The lowest BCUT2D eigenvalue weighted by atomic mass is 9.81. The van der Waals surface area contributed by atoms with Crippen molar-refractivity contribution in [2.24, 2.45) is 5.92 Å². The summed E-state index contributed by atoms with van der Waals surface area (Å²) >= 11 is 0. The van der Waals surface area contributed by atoms with Crippen LogP contribution in [0, 0.1) is 22.7 Å². The first-order valence-electron chi connectivity index (χ1n) is 9.13. The van der Waals surface area contributed by atoms with E-state index in [-0.39, 0.29) is 11.8 Å². The maximum absolute atomic E-state index is 9.15. The first kappa shape index (κ1) is 17.8.